The maximum Gasteiger partial charge on any atom is 0.303 e. The molecule has 0 spiro atoms. The SMILES string of the molecule is COCC(=O)Nc1cccc(NC(=O)CCC(=O)O)c1. The van der Waals surface area contributed by atoms with Gasteiger partial charge in [-0.1, -0.05) is 6.07 Å². The predicted octanol–water partition coefficient (Wildman–Crippen LogP) is 1.07. The number of carboxylic acids is 1. The van der Waals surface area contributed by atoms with E-state index in [1.165, 1.54) is 7.11 Å². The first-order chi connectivity index (χ1) is 9.51. The highest BCUT2D eigenvalue weighted by molar-refractivity contribution is 5.95. The maximum atomic E-state index is 11.5. The van der Waals surface area contributed by atoms with Gasteiger partial charge in [0.2, 0.25) is 11.8 Å². The van der Waals surface area contributed by atoms with E-state index < -0.39 is 11.9 Å². The predicted molar refractivity (Wildman–Crippen MR) is 72.4 cm³/mol. The highest BCUT2D eigenvalue weighted by Gasteiger charge is 2.07. The normalized spacial score (nSPS) is 9.85. The van der Waals surface area contributed by atoms with Crippen molar-refractivity contribution in [1.82, 2.24) is 0 Å². The van der Waals surface area contributed by atoms with Crippen LogP contribution in [0.15, 0.2) is 24.3 Å². The standard InChI is InChI=1S/C13H16N2O5/c1-20-8-12(17)15-10-4-2-3-9(7-10)14-11(16)5-6-13(18)19/h2-4,7H,5-6,8H2,1H3,(H,14,16)(H,15,17)(H,18,19). The molecule has 1 aromatic rings. The van der Waals surface area contributed by atoms with Gasteiger partial charge in [-0.05, 0) is 18.2 Å². The smallest absolute Gasteiger partial charge is 0.303 e. The van der Waals surface area contributed by atoms with Gasteiger partial charge in [0, 0.05) is 24.9 Å². The fourth-order valence-electron chi connectivity index (χ4n) is 1.45. The Morgan fingerprint density at radius 1 is 1.10 bits per heavy atom. The lowest BCUT2D eigenvalue weighted by Gasteiger charge is -2.08. The number of benzene rings is 1. The van der Waals surface area contributed by atoms with Crippen LogP contribution in [-0.4, -0.2) is 36.6 Å². The fraction of sp³-hybridized carbons (Fsp3) is 0.308. The van der Waals surface area contributed by atoms with Gasteiger partial charge in [0.1, 0.15) is 6.61 Å². The summed E-state index contributed by atoms with van der Waals surface area (Å²) in [5.41, 5.74) is 0.999. The molecular formula is C13H16N2O5. The number of hydrogen-bond acceptors (Lipinski definition) is 4. The highest BCUT2D eigenvalue weighted by atomic mass is 16.5. The van der Waals surface area contributed by atoms with Crippen molar-refractivity contribution in [1.29, 1.82) is 0 Å². The Bertz CT molecular complexity index is 501. The highest BCUT2D eigenvalue weighted by Crippen LogP contribution is 2.15. The number of ether oxygens (including phenoxy) is 1. The number of amides is 2. The van der Waals surface area contributed by atoms with Gasteiger partial charge in [0.15, 0.2) is 0 Å². The molecule has 0 saturated carbocycles. The van der Waals surface area contributed by atoms with Gasteiger partial charge in [0.25, 0.3) is 0 Å². The van der Waals surface area contributed by atoms with Gasteiger partial charge < -0.3 is 20.5 Å². The van der Waals surface area contributed by atoms with Crippen molar-refractivity contribution < 1.29 is 24.2 Å². The number of carboxylic acid groups (broad SMARTS) is 1. The molecule has 0 aromatic heterocycles. The summed E-state index contributed by atoms with van der Waals surface area (Å²) in [4.78, 5) is 33.2. The summed E-state index contributed by atoms with van der Waals surface area (Å²) in [5.74, 6) is -1.73. The van der Waals surface area contributed by atoms with E-state index in [0.717, 1.165) is 0 Å². The Labute approximate surface area is 115 Å². The van der Waals surface area contributed by atoms with E-state index in [0.29, 0.717) is 11.4 Å². The molecule has 0 atom stereocenters. The largest absolute Gasteiger partial charge is 0.481 e. The van der Waals surface area contributed by atoms with Gasteiger partial charge in [-0.3, -0.25) is 14.4 Å². The third-order valence-electron chi connectivity index (χ3n) is 2.27. The monoisotopic (exact) mass is 280 g/mol. The van der Waals surface area contributed by atoms with Gasteiger partial charge in [-0.15, -0.1) is 0 Å². The minimum Gasteiger partial charge on any atom is -0.481 e. The second-order valence-electron chi connectivity index (χ2n) is 4.00. The van der Waals surface area contributed by atoms with Gasteiger partial charge in [-0.25, -0.2) is 0 Å². The lowest BCUT2D eigenvalue weighted by molar-refractivity contribution is -0.138. The number of carbonyl (C=O) groups is 3. The number of nitrogens with one attached hydrogen (secondary N) is 2. The van der Waals surface area contributed by atoms with Crippen LogP contribution in [0.3, 0.4) is 0 Å². The Morgan fingerprint density at radius 2 is 1.70 bits per heavy atom. The van der Waals surface area contributed by atoms with E-state index in [1.54, 1.807) is 24.3 Å². The molecule has 1 aromatic carbocycles. The summed E-state index contributed by atoms with van der Waals surface area (Å²) >= 11 is 0. The summed E-state index contributed by atoms with van der Waals surface area (Å²) < 4.78 is 4.69. The Balaban J connectivity index is 2.57. The summed E-state index contributed by atoms with van der Waals surface area (Å²) in [6, 6.07) is 6.55. The zero-order valence-electron chi connectivity index (χ0n) is 11.0. The van der Waals surface area contributed by atoms with Crippen LogP contribution in [0.1, 0.15) is 12.8 Å². The second kappa shape index (κ2) is 7.90. The second-order valence-corrected chi connectivity index (χ2v) is 4.00. The molecule has 20 heavy (non-hydrogen) atoms. The van der Waals surface area contributed by atoms with Crippen molar-refractivity contribution >= 4 is 29.2 Å². The molecule has 0 fully saturated rings. The summed E-state index contributed by atoms with van der Waals surface area (Å²) in [7, 11) is 1.42. The third kappa shape index (κ3) is 5.96. The van der Waals surface area contributed by atoms with Gasteiger partial charge in [-0.2, -0.15) is 0 Å². The average molecular weight is 280 g/mol. The van der Waals surface area contributed by atoms with Crippen molar-refractivity contribution in [2.24, 2.45) is 0 Å². The number of hydrogen-bond donors (Lipinski definition) is 3. The molecule has 0 aliphatic rings. The van der Waals surface area contributed by atoms with E-state index in [2.05, 4.69) is 15.4 Å². The first kappa shape index (κ1) is 15.6. The van der Waals surface area contributed by atoms with Crippen molar-refractivity contribution in [2.45, 2.75) is 12.8 Å². The average Bonchev–Trinajstić information content (AvgIpc) is 2.37. The third-order valence-corrected chi connectivity index (χ3v) is 2.27. The van der Waals surface area contributed by atoms with Crippen LogP contribution in [0.5, 0.6) is 0 Å². The molecule has 2 amide bonds. The van der Waals surface area contributed by atoms with Crippen LogP contribution in [0.4, 0.5) is 11.4 Å². The molecule has 0 unspecified atom stereocenters. The molecule has 0 saturated heterocycles. The number of anilines is 2. The molecular weight excluding hydrogens is 264 g/mol. The fourth-order valence-corrected chi connectivity index (χ4v) is 1.45. The molecule has 0 radical (unpaired) electrons. The molecule has 7 nitrogen and oxygen atoms in total. The topological polar surface area (TPSA) is 105 Å². The molecule has 1 rings (SSSR count). The van der Waals surface area contributed by atoms with E-state index in [1.807, 2.05) is 0 Å². The number of aliphatic carboxylic acids is 1. The number of carbonyl (C=O) groups excluding carboxylic acids is 2. The minimum atomic E-state index is -1.03. The van der Waals surface area contributed by atoms with Crippen LogP contribution < -0.4 is 10.6 Å². The minimum absolute atomic E-state index is 0.0603. The van der Waals surface area contributed by atoms with Crippen LogP contribution in [0, 0.1) is 0 Å². The van der Waals surface area contributed by atoms with Gasteiger partial charge >= 0.3 is 5.97 Å². The Hall–Kier alpha value is -2.41. The lowest BCUT2D eigenvalue weighted by Crippen LogP contribution is -2.17. The maximum absolute atomic E-state index is 11.5. The Kier molecular flexibility index (Phi) is 6.18. The van der Waals surface area contributed by atoms with Gasteiger partial charge in [0.05, 0.1) is 6.42 Å². The Morgan fingerprint density at radius 3 is 2.25 bits per heavy atom. The molecule has 3 N–H and O–H groups in total. The summed E-state index contributed by atoms with van der Waals surface area (Å²) in [6.07, 6.45) is -0.328. The molecule has 108 valence electrons. The zero-order chi connectivity index (χ0) is 15.0. The number of rotatable bonds is 7. The van der Waals surface area contributed by atoms with Crippen LogP contribution >= 0.6 is 0 Å². The van der Waals surface area contributed by atoms with Crippen LogP contribution in [0.25, 0.3) is 0 Å². The molecule has 0 aliphatic heterocycles. The first-order valence-corrected chi connectivity index (χ1v) is 5.91. The van der Waals surface area contributed by atoms with Crippen LogP contribution in [0.2, 0.25) is 0 Å². The quantitative estimate of drug-likeness (QED) is 0.693. The van der Waals surface area contributed by atoms with E-state index in [-0.39, 0.29) is 25.4 Å². The van der Waals surface area contributed by atoms with E-state index >= 15 is 0 Å². The van der Waals surface area contributed by atoms with Crippen molar-refractivity contribution in [3.05, 3.63) is 24.3 Å². The first-order valence-electron chi connectivity index (χ1n) is 5.91. The lowest BCUT2D eigenvalue weighted by atomic mass is 10.2. The van der Waals surface area contributed by atoms with Crippen molar-refractivity contribution in [2.75, 3.05) is 24.4 Å². The van der Waals surface area contributed by atoms with E-state index in [9.17, 15) is 14.4 Å². The molecule has 0 bridgehead atoms. The molecule has 0 heterocycles. The summed E-state index contributed by atoms with van der Waals surface area (Å²) in [6.45, 7) is -0.0603. The number of methoxy groups -OCH3 is 1. The zero-order valence-corrected chi connectivity index (χ0v) is 11.0. The van der Waals surface area contributed by atoms with E-state index in [4.69, 9.17) is 5.11 Å². The van der Waals surface area contributed by atoms with Crippen LogP contribution in [-0.2, 0) is 19.1 Å². The van der Waals surface area contributed by atoms with Crippen molar-refractivity contribution in [3.8, 4) is 0 Å². The molecule has 0 aliphatic carbocycles. The summed E-state index contributed by atoms with van der Waals surface area (Å²) in [5, 5.41) is 13.6. The molecule has 7 heteroatoms. The van der Waals surface area contributed by atoms with Crippen molar-refractivity contribution in [3.63, 3.8) is 0 Å².